The molecule has 0 N–H and O–H groups in total. The van der Waals surface area contributed by atoms with Gasteiger partial charge in [0.15, 0.2) is 0 Å². The highest BCUT2D eigenvalue weighted by atomic mass is 32.1. The van der Waals surface area contributed by atoms with Crippen molar-refractivity contribution in [2.45, 2.75) is 0 Å². The van der Waals surface area contributed by atoms with E-state index in [-0.39, 0.29) is 0 Å². The van der Waals surface area contributed by atoms with Crippen LogP contribution in [-0.4, -0.2) is 0 Å². The Morgan fingerprint density at radius 3 is 1.85 bits per heavy atom. The highest BCUT2D eigenvalue weighted by Crippen LogP contribution is 2.46. The zero-order valence-electron chi connectivity index (χ0n) is 29.8. The molecule has 2 aromatic heterocycles. The maximum absolute atomic E-state index is 6.59. The molecule has 0 saturated carbocycles. The van der Waals surface area contributed by atoms with E-state index in [1.54, 1.807) is 0 Å². The molecule has 9 aromatic carbocycles. The van der Waals surface area contributed by atoms with Crippen molar-refractivity contribution in [1.82, 2.24) is 0 Å². The van der Waals surface area contributed by atoms with E-state index in [4.69, 9.17) is 4.42 Å². The number of anilines is 3. The van der Waals surface area contributed by atoms with Crippen LogP contribution >= 0.6 is 11.3 Å². The summed E-state index contributed by atoms with van der Waals surface area (Å²) in [5, 5.41) is 7.15. The van der Waals surface area contributed by atoms with E-state index in [1.807, 2.05) is 11.3 Å². The second-order valence-corrected chi connectivity index (χ2v) is 15.1. The monoisotopic (exact) mass is 719 g/mol. The highest BCUT2D eigenvalue weighted by molar-refractivity contribution is 7.26. The molecule has 2 heterocycles. The molecular weight excluding hydrogens is 687 g/mol. The second-order valence-electron chi connectivity index (χ2n) is 14.1. The largest absolute Gasteiger partial charge is 0.455 e. The van der Waals surface area contributed by atoms with Crippen molar-refractivity contribution in [3.8, 4) is 33.4 Å². The molecule has 0 aliphatic carbocycles. The third kappa shape index (κ3) is 5.32. The number of benzene rings is 9. The van der Waals surface area contributed by atoms with Crippen LogP contribution in [0.2, 0.25) is 0 Å². The molecule has 0 atom stereocenters. The van der Waals surface area contributed by atoms with Crippen molar-refractivity contribution in [1.29, 1.82) is 0 Å². The number of thiophene rings is 1. The molecule has 2 nitrogen and oxygen atoms in total. The summed E-state index contributed by atoms with van der Waals surface area (Å²) >= 11 is 1.86. The van der Waals surface area contributed by atoms with Crippen LogP contribution in [0.15, 0.2) is 205 Å². The first-order chi connectivity index (χ1) is 27.3. The van der Waals surface area contributed by atoms with Crippen molar-refractivity contribution < 1.29 is 4.42 Å². The Balaban J connectivity index is 1.06. The summed E-state index contributed by atoms with van der Waals surface area (Å²) in [4.78, 5) is 2.42. The summed E-state index contributed by atoms with van der Waals surface area (Å²) in [6, 6.07) is 72.1. The van der Waals surface area contributed by atoms with Crippen LogP contribution in [0.25, 0.3) is 86.3 Å². The maximum atomic E-state index is 6.59. The van der Waals surface area contributed by atoms with Gasteiger partial charge in [-0.25, -0.2) is 0 Å². The first kappa shape index (κ1) is 31.6. The standard InChI is InChI=1S/C52H33NOS/c1-2-11-34(12-3-1)35-23-25-36(26-24-35)37-27-30-40(31-28-37)53(47-20-9-19-45-44-17-6-7-22-49(44)55-52(45)47)41-15-8-14-39(33-41)42-18-10-21-48-50(42)46-32-29-38-13-4-5-16-43(38)51(46)54-48/h1-33H. The van der Waals surface area contributed by atoms with Gasteiger partial charge in [-0.05, 0) is 87.3 Å². The Kier molecular flexibility index (Phi) is 7.39. The van der Waals surface area contributed by atoms with Gasteiger partial charge in [-0.1, -0.05) is 152 Å². The summed E-state index contributed by atoms with van der Waals surface area (Å²) in [5.41, 5.74) is 12.3. The molecule has 258 valence electrons. The van der Waals surface area contributed by atoms with Gasteiger partial charge in [0.25, 0.3) is 0 Å². The Morgan fingerprint density at radius 2 is 1.04 bits per heavy atom. The van der Waals surface area contributed by atoms with Crippen LogP contribution in [0.4, 0.5) is 17.1 Å². The van der Waals surface area contributed by atoms with E-state index in [2.05, 4.69) is 205 Å². The molecule has 0 amide bonds. The van der Waals surface area contributed by atoms with Gasteiger partial charge >= 0.3 is 0 Å². The Labute approximate surface area is 322 Å². The molecule has 0 bridgehead atoms. The minimum Gasteiger partial charge on any atom is -0.455 e. The third-order valence-corrected chi connectivity index (χ3v) is 12.1. The summed E-state index contributed by atoms with van der Waals surface area (Å²) in [6.45, 7) is 0. The Bertz CT molecular complexity index is 3190. The molecule has 0 unspecified atom stereocenters. The van der Waals surface area contributed by atoms with E-state index >= 15 is 0 Å². The van der Waals surface area contributed by atoms with Crippen LogP contribution in [0, 0.1) is 0 Å². The van der Waals surface area contributed by atoms with Gasteiger partial charge < -0.3 is 9.32 Å². The molecule has 11 rings (SSSR count). The normalized spacial score (nSPS) is 11.6. The summed E-state index contributed by atoms with van der Waals surface area (Å²) < 4.78 is 9.15. The average Bonchev–Trinajstić information content (AvgIpc) is 3.84. The minimum absolute atomic E-state index is 0.897. The van der Waals surface area contributed by atoms with E-state index in [9.17, 15) is 0 Å². The lowest BCUT2D eigenvalue weighted by molar-refractivity contribution is 0.673. The van der Waals surface area contributed by atoms with Gasteiger partial charge in [-0.15, -0.1) is 11.3 Å². The van der Waals surface area contributed by atoms with Gasteiger partial charge in [-0.2, -0.15) is 0 Å². The molecule has 3 heteroatoms. The lowest BCUT2D eigenvalue weighted by atomic mass is 9.97. The number of hydrogen-bond donors (Lipinski definition) is 0. The van der Waals surface area contributed by atoms with Crippen LogP contribution in [-0.2, 0) is 0 Å². The van der Waals surface area contributed by atoms with Gasteiger partial charge in [0.1, 0.15) is 11.2 Å². The molecule has 55 heavy (non-hydrogen) atoms. The summed E-state index contributed by atoms with van der Waals surface area (Å²) in [7, 11) is 0. The van der Waals surface area contributed by atoms with Crippen molar-refractivity contribution in [3.63, 3.8) is 0 Å². The topological polar surface area (TPSA) is 16.4 Å². The zero-order chi connectivity index (χ0) is 36.3. The zero-order valence-corrected chi connectivity index (χ0v) is 30.6. The fraction of sp³-hybridized carbons (Fsp3) is 0. The van der Waals surface area contributed by atoms with E-state index < -0.39 is 0 Å². The van der Waals surface area contributed by atoms with E-state index in [0.717, 1.165) is 55.5 Å². The Morgan fingerprint density at radius 1 is 0.400 bits per heavy atom. The average molecular weight is 720 g/mol. The molecule has 0 fully saturated rings. The quantitative estimate of drug-likeness (QED) is 0.170. The summed E-state index contributed by atoms with van der Waals surface area (Å²) in [5.74, 6) is 0. The third-order valence-electron chi connectivity index (χ3n) is 10.9. The number of rotatable bonds is 6. The molecule has 11 aromatic rings. The van der Waals surface area contributed by atoms with Gasteiger partial charge in [0, 0.05) is 43.0 Å². The Hall–Kier alpha value is -6.94. The minimum atomic E-state index is 0.897. The van der Waals surface area contributed by atoms with Crippen LogP contribution in [0.1, 0.15) is 0 Å². The van der Waals surface area contributed by atoms with Crippen LogP contribution in [0.3, 0.4) is 0 Å². The predicted molar refractivity (Wildman–Crippen MR) is 235 cm³/mol. The number of furan rings is 1. The van der Waals surface area contributed by atoms with Gasteiger partial charge in [0.2, 0.25) is 0 Å². The van der Waals surface area contributed by atoms with Crippen LogP contribution < -0.4 is 4.90 Å². The number of fused-ring (bicyclic) bond motifs is 8. The fourth-order valence-electron chi connectivity index (χ4n) is 8.23. The molecule has 0 aliphatic heterocycles. The van der Waals surface area contributed by atoms with E-state index in [1.165, 1.54) is 47.8 Å². The van der Waals surface area contributed by atoms with E-state index in [0.29, 0.717) is 0 Å². The smallest absolute Gasteiger partial charge is 0.143 e. The van der Waals surface area contributed by atoms with Gasteiger partial charge in [0.05, 0.1) is 10.4 Å². The lowest BCUT2D eigenvalue weighted by Crippen LogP contribution is -2.10. The number of nitrogens with zero attached hydrogens (tertiary/aromatic N) is 1. The first-order valence-electron chi connectivity index (χ1n) is 18.7. The lowest BCUT2D eigenvalue weighted by Gasteiger charge is -2.27. The molecule has 0 aliphatic rings. The van der Waals surface area contributed by atoms with Crippen molar-refractivity contribution >= 4 is 81.3 Å². The van der Waals surface area contributed by atoms with Gasteiger partial charge in [-0.3, -0.25) is 0 Å². The number of hydrogen-bond acceptors (Lipinski definition) is 3. The second kappa shape index (κ2) is 12.9. The molecule has 0 spiro atoms. The molecular formula is C52H33NOS. The van der Waals surface area contributed by atoms with Crippen molar-refractivity contribution in [3.05, 3.63) is 200 Å². The molecule has 0 radical (unpaired) electrons. The van der Waals surface area contributed by atoms with Crippen molar-refractivity contribution in [2.75, 3.05) is 4.90 Å². The fourth-order valence-corrected chi connectivity index (χ4v) is 9.44. The SMILES string of the molecule is c1ccc(-c2ccc(-c3ccc(N(c4cccc(-c5cccc6oc7c8ccccc8ccc7c56)c4)c4cccc5c4sc4ccccc45)cc3)cc2)cc1. The molecule has 0 saturated heterocycles. The van der Waals surface area contributed by atoms with Crippen molar-refractivity contribution in [2.24, 2.45) is 0 Å². The predicted octanol–water partition coefficient (Wildman–Crippen LogP) is 15.6. The summed E-state index contributed by atoms with van der Waals surface area (Å²) in [6.07, 6.45) is 0. The first-order valence-corrected chi connectivity index (χ1v) is 19.5. The highest BCUT2D eigenvalue weighted by Gasteiger charge is 2.20. The maximum Gasteiger partial charge on any atom is 0.143 e. The van der Waals surface area contributed by atoms with Crippen LogP contribution in [0.5, 0.6) is 0 Å².